The average molecular weight is 209 g/mol. The summed E-state index contributed by atoms with van der Waals surface area (Å²) in [6, 6.07) is 6.38. The standard InChI is InChI=1S/C9H8FN3S/c10-7-3-1-2-6(4-7)5-8-12-9(11)14-13-8/h1-4H,5H2,(H2,11,12,13). The highest BCUT2D eigenvalue weighted by atomic mass is 32.1. The van der Waals surface area contributed by atoms with Crippen LogP contribution in [0.2, 0.25) is 0 Å². The van der Waals surface area contributed by atoms with Crippen molar-refractivity contribution in [1.29, 1.82) is 0 Å². The highest BCUT2D eigenvalue weighted by molar-refractivity contribution is 7.09. The minimum atomic E-state index is -0.245. The summed E-state index contributed by atoms with van der Waals surface area (Å²) in [6.07, 6.45) is 0.519. The predicted octanol–water partition coefficient (Wildman–Crippen LogP) is 1.85. The zero-order chi connectivity index (χ0) is 9.97. The van der Waals surface area contributed by atoms with E-state index in [1.165, 1.54) is 12.1 Å². The molecule has 0 saturated heterocycles. The molecule has 0 aliphatic rings. The third-order valence-corrected chi connectivity index (χ3v) is 2.32. The highest BCUT2D eigenvalue weighted by Gasteiger charge is 2.02. The lowest BCUT2D eigenvalue weighted by Gasteiger charge is -1.96. The lowest BCUT2D eigenvalue weighted by atomic mass is 10.1. The second kappa shape index (κ2) is 3.71. The molecule has 0 aliphatic carbocycles. The third-order valence-electron chi connectivity index (χ3n) is 1.74. The van der Waals surface area contributed by atoms with Crippen LogP contribution in [-0.2, 0) is 6.42 Å². The van der Waals surface area contributed by atoms with Gasteiger partial charge in [0.1, 0.15) is 11.6 Å². The van der Waals surface area contributed by atoms with Crippen molar-refractivity contribution < 1.29 is 4.39 Å². The van der Waals surface area contributed by atoms with Gasteiger partial charge in [0.2, 0.25) is 0 Å². The molecule has 0 bridgehead atoms. The van der Waals surface area contributed by atoms with Crippen molar-refractivity contribution in [3.8, 4) is 0 Å². The van der Waals surface area contributed by atoms with Crippen molar-refractivity contribution in [1.82, 2.24) is 9.36 Å². The number of hydrogen-bond acceptors (Lipinski definition) is 4. The molecule has 0 radical (unpaired) electrons. The molecule has 72 valence electrons. The van der Waals surface area contributed by atoms with E-state index in [1.807, 2.05) is 6.07 Å². The molecular formula is C9H8FN3S. The molecule has 1 aromatic carbocycles. The Bertz CT molecular complexity index is 441. The first-order valence-corrected chi connectivity index (χ1v) is 4.84. The van der Waals surface area contributed by atoms with E-state index in [9.17, 15) is 4.39 Å². The zero-order valence-electron chi connectivity index (χ0n) is 7.27. The van der Waals surface area contributed by atoms with E-state index in [2.05, 4.69) is 9.36 Å². The molecule has 3 nitrogen and oxygen atoms in total. The molecule has 0 fully saturated rings. The molecule has 0 aliphatic heterocycles. The van der Waals surface area contributed by atoms with E-state index in [1.54, 1.807) is 6.07 Å². The van der Waals surface area contributed by atoms with Gasteiger partial charge in [-0.3, -0.25) is 0 Å². The zero-order valence-corrected chi connectivity index (χ0v) is 8.09. The number of benzene rings is 1. The predicted molar refractivity (Wildman–Crippen MR) is 53.5 cm³/mol. The van der Waals surface area contributed by atoms with Crippen molar-refractivity contribution in [2.24, 2.45) is 0 Å². The van der Waals surface area contributed by atoms with Crippen LogP contribution in [0.1, 0.15) is 11.4 Å². The number of nitrogens with two attached hydrogens (primary N) is 1. The fourth-order valence-corrected chi connectivity index (χ4v) is 1.62. The number of halogens is 1. The van der Waals surface area contributed by atoms with Gasteiger partial charge in [-0.1, -0.05) is 12.1 Å². The van der Waals surface area contributed by atoms with E-state index >= 15 is 0 Å². The van der Waals surface area contributed by atoms with Gasteiger partial charge in [-0.2, -0.15) is 4.37 Å². The van der Waals surface area contributed by atoms with Gasteiger partial charge in [0.25, 0.3) is 0 Å². The number of rotatable bonds is 2. The van der Waals surface area contributed by atoms with Crippen LogP contribution in [0.25, 0.3) is 0 Å². The van der Waals surface area contributed by atoms with Crippen LogP contribution in [0.3, 0.4) is 0 Å². The summed E-state index contributed by atoms with van der Waals surface area (Å²) in [5.41, 5.74) is 6.28. The molecule has 2 rings (SSSR count). The van der Waals surface area contributed by atoms with Crippen LogP contribution in [-0.4, -0.2) is 9.36 Å². The maximum absolute atomic E-state index is 12.8. The van der Waals surface area contributed by atoms with E-state index in [0.29, 0.717) is 17.4 Å². The molecule has 0 spiro atoms. The lowest BCUT2D eigenvalue weighted by Crippen LogP contribution is -1.92. The van der Waals surface area contributed by atoms with Gasteiger partial charge in [0.15, 0.2) is 5.13 Å². The summed E-state index contributed by atoms with van der Waals surface area (Å²) in [5, 5.41) is 0.441. The Morgan fingerprint density at radius 2 is 2.29 bits per heavy atom. The van der Waals surface area contributed by atoms with Crippen LogP contribution < -0.4 is 5.73 Å². The third kappa shape index (κ3) is 2.05. The molecule has 14 heavy (non-hydrogen) atoms. The molecule has 2 N–H and O–H groups in total. The molecule has 1 heterocycles. The molecule has 0 saturated carbocycles. The summed E-state index contributed by atoms with van der Waals surface area (Å²) in [4.78, 5) is 4.00. The second-order valence-corrected chi connectivity index (χ2v) is 3.64. The van der Waals surface area contributed by atoms with Crippen molar-refractivity contribution in [3.63, 3.8) is 0 Å². The van der Waals surface area contributed by atoms with Crippen molar-refractivity contribution >= 4 is 16.7 Å². The van der Waals surface area contributed by atoms with E-state index in [4.69, 9.17) is 5.73 Å². The monoisotopic (exact) mass is 209 g/mol. The van der Waals surface area contributed by atoms with Crippen LogP contribution >= 0.6 is 11.5 Å². The summed E-state index contributed by atoms with van der Waals surface area (Å²) in [5.74, 6) is 0.392. The van der Waals surface area contributed by atoms with Gasteiger partial charge in [-0.25, -0.2) is 9.37 Å². The summed E-state index contributed by atoms with van der Waals surface area (Å²) < 4.78 is 16.8. The maximum Gasteiger partial charge on any atom is 0.199 e. The summed E-state index contributed by atoms with van der Waals surface area (Å²) >= 11 is 1.15. The Balaban J connectivity index is 2.18. The van der Waals surface area contributed by atoms with E-state index in [-0.39, 0.29) is 5.82 Å². The molecule has 5 heteroatoms. The normalized spacial score (nSPS) is 10.4. The van der Waals surface area contributed by atoms with Gasteiger partial charge in [-0.05, 0) is 17.7 Å². The molecule has 0 unspecified atom stereocenters. The Hall–Kier alpha value is -1.49. The molecule has 0 amide bonds. The fraction of sp³-hybridized carbons (Fsp3) is 0.111. The summed E-state index contributed by atoms with van der Waals surface area (Å²) in [6.45, 7) is 0. The number of hydrogen-bond donors (Lipinski definition) is 1. The first-order chi connectivity index (χ1) is 6.74. The van der Waals surface area contributed by atoms with Crippen molar-refractivity contribution in [3.05, 3.63) is 41.5 Å². The molecule has 1 aromatic heterocycles. The maximum atomic E-state index is 12.8. The SMILES string of the molecule is Nc1nc(Cc2cccc(F)c2)ns1. The number of nitrogen functional groups attached to an aromatic ring is 1. The minimum Gasteiger partial charge on any atom is -0.374 e. The summed E-state index contributed by atoms with van der Waals surface area (Å²) in [7, 11) is 0. The van der Waals surface area contributed by atoms with Gasteiger partial charge >= 0.3 is 0 Å². The number of nitrogens with zero attached hydrogens (tertiary/aromatic N) is 2. The average Bonchev–Trinajstić information content (AvgIpc) is 2.51. The highest BCUT2D eigenvalue weighted by Crippen LogP contribution is 2.11. The Morgan fingerprint density at radius 1 is 1.43 bits per heavy atom. The smallest absolute Gasteiger partial charge is 0.199 e. The molecule has 2 aromatic rings. The largest absolute Gasteiger partial charge is 0.374 e. The van der Waals surface area contributed by atoms with Gasteiger partial charge < -0.3 is 5.73 Å². The Labute approximate surface area is 84.6 Å². The van der Waals surface area contributed by atoms with Crippen molar-refractivity contribution in [2.75, 3.05) is 5.73 Å². The second-order valence-electron chi connectivity index (χ2n) is 2.86. The van der Waals surface area contributed by atoms with Crippen LogP contribution in [0.5, 0.6) is 0 Å². The number of anilines is 1. The van der Waals surface area contributed by atoms with Gasteiger partial charge in [0, 0.05) is 18.0 Å². The van der Waals surface area contributed by atoms with E-state index < -0.39 is 0 Å². The first-order valence-electron chi connectivity index (χ1n) is 4.06. The first kappa shape index (κ1) is 9.08. The fourth-order valence-electron chi connectivity index (χ4n) is 1.17. The van der Waals surface area contributed by atoms with Crippen LogP contribution in [0, 0.1) is 5.82 Å². The van der Waals surface area contributed by atoms with E-state index in [0.717, 1.165) is 17.1 Å². The number of aromatic nitrogens is 2. The minimum absolute atomic E-state index is 0.245. The molecule has 0 atom stereocenters. The van der Waals surface area contributed by atoms with Crippen molar-refractivity contribution in [2.45, 2.75) is 6.42 Å². The quantitative estimate of drug-likeness (QED) is 0.821. The molecular weight excluding hydrogens is 201 g/mol. The lowest BCUT2D eigenvalue weighted by molar-refractivity contribution is 0.626. The van der Waals surface area contributed by atoms with Crippen LogP contribution in [0.15, 0.2) is 24.3 Å². The Kier molecular flexibility index (Phi) is 2.41. The Morgan fingerprint density at radius 3 is 2.93 bits per heavy atom. The van der Waals surface area contributed by atoms with Crippen LogP contribution in [0.4, 0.5) is 9.52 Å². The van der Waals surface area contributed by atoms with Gasteiger partial charge in [-0.15, -0.1) is 0 Å². The topological polar surface area (TPSA) is 51.8 Å². The van der Waals surface area contributed by atoms with Gasteiger partial charge in [0.05, 0.1) is 0 Å².